The minimum atomic E-state index is 0.621. The number of hydrogen-bond acceptors (Lipinski definition) is 3. The lowest BCUT2D eigenvalue weighted by molar-refractivity contribution is 0.121. The number of nitrogens with zero attached hydrogens (tertiary/aromatic N) is 3. The third-order valence-corrected chi connectivity index (χ3v) is 3.37. The van der Waals surface area contributed by atoms with Crippen LogP contribution in [0, 0.1) is 12.8 Å². The van der Waals surface area contributed by atoms with Crippen LogP contribution in [0.2, 0.25) is 0 Å². The van der Waals surface area contributed by atoms with E-state index in [4.69, 9.17) is 4.74 Å². The molecule has 4 heteroatoms. The van der Waals surface area contributed by atoms with E-state index in [0.29, 0.717) is 6.04 Å². The third-order valence-electron chi connectivity index (χ3n) is 3.37. The van der Waals surface area contributed by atoms with E-state index in [-0.39, 0.29) is 0 Å². The summed E-state index contributed by atoms with van der Waals surface area (Å²) in [5.41, 5.74) is 1.13. The summed E-state index contributed by atoms with van der Waals surface area (Å²) >= 11 is 0. The molecule has 0 bridgehead atoms. The monoisotopic (exact) mass is 295 g/mol. The molecule has 3 heterocycles. The average Bonchev–Trinajstić information content (AvgIpc) is 3.06. The van der Waals surface area contributed by atoms with Gasteiger partial charge in [-0.15, -0.1) is 0 Å². The molecule has 1 saturated heterocycles. The summed E-state index contributed by atoms with van der Waals surface area (Å²) < 4.78 is 7.71. The number of aromatic nitrogens is 2. The van der Waals surface area contributed by atoms with Crippen molar-refractivity contribution in [3.63, 3.8) is 0 Å². The van der Waals surface area contributed by atoms with E-state index in [9.17, 15) is 0 Å². The van der Waals surface area contributed by atoms with Crippen LogP contribution in [0.5, 0.6) is 0 Å². The van der Waals surface area contributed by atoms with Crippen LogP contribution in [0.4, 0.5) is 0 Å². The number of fused-ring (bicyclic) bond motifs is 1. The predicted molar refractivity (Wildman–Crippen MR) is 88.5 cm³/mol. The van der Waals surface area contributed by atoms with Crippen molar-refractivity contribution in [2.24, 2.45) is 5.92 Å². The average molecular weight is 295 g/mol. The molecule has 0 N–H and O–H groups in total. The highest BCUT2D eigenvalue weighted by atomic mass is 16.5. The summed E-state index contributed by atoms with van der Waals surface area (Å²) in [6.45, 7) is 17.6. The number of aryl methyl sites for hydroxylation is 1. The van der Waals surface area contributed by atoms with Crippen molar-refractivity contribution in [2.75, 3.05) is 19.8 Å². The first-order chi connectivity index (χ1) is 10.1. The van der Waals surface area contributed by atoms with Crippen molar-refractivity contribution < 1.29 is 4.74 Å². The number of rotatable bonds is 1. The number of hydrogen-bond donors (Lipinski definition) is 0. The molecule has 0 saturated carbocycles. The molecule has 0 amide bonds. The third kappa shape index (κ3) is 5.79. The van der Waals surface area contributed by atoms with Crippen LogP contribution < -0.4 is 0 Å². The van der Waals surface area contributed by atoms with Crippen LogP contribution in [0.1, 0.15) is 52.6 Å². The van der Waals surface area contributed by atoms with Crippen LogP contribution in [-0.2, 0) is 17.8 Å². The van der Waals surface area contributed by atoms with E-state index >= 15 is 0 Å². The molecule has 1 aromatic heterocycles. The molecule has 122 valence electrons. The zero-order chi connectivity index (χ0) is 15.8. The van der Waals surface area contributed by atoms with E-state index < -0.39 is 0 Å². The number of imidazole rings is 1. The van der Waals surface area contributed by atoms with Gasteiger partial charge in [-0.05, 0) is 19.3 Å². The van der Waals surface area contributed by atoms with Crippen LogP contribution in [0.25, 0.3) is 0 Å². The highest BCUT2D eigenvalue weighted by Crippen LogP contribution is 2.19. The normalized spacial score (nSPS) is 21.2. The Labute approximate surface area is 130 Å². The molecule has 2 aliphatic rings. The van der Waals surface area contributed by atoms with Gasteiger partial charge in [-0.2, -0.15) is 0 Å². The van der Waals surface area contributed by atoms with Gasteiger partial charge in [-0.1, -0.05) is 34.6 Å². The van der Waals surface area contributed by atoms with E-state index in [1.165, 1.54) is 12.2 Å². The van der Waals surface area contributed by atoms with Gasteiger partial charge < -0.3 is 9.30 Å². The zero-order valence-electron chi connectivity index (χ0n) is 14.7. The Bertz CT molecular complexity index is 392. The highest BCUT2D eigenvalue weighted by Gasteiger charge is 2.27. The Morgan fingerprint density at radius 3 is 2.48 bits per heavy atom. The second-order valence-corrected chi connectivity index (χ2v) is 6.21. The first-order valence-corrected chi connectivity index (χ1v) is 8.40. The van der Waals surface area contributed by atoms with Gasteiger partial charge in [-0.25, -0.2) is 4.98 Å². The highest BCUT2D eigenvalue weighted by molar-refractivity contribution is 5.04. The lowest BCUT2D eigenvalue weighted by atomic mass is 10.2. The molecule has 1 fully saturated rings. The standard InChI is InChI=1S/C11H17N3O.C4H10.C2H6/c1-9-6-14-4-3-13(7-11(14)12-9)10-2-5-15-8-10;1-4(2)3;1-2/h6,10H,2-5,7-8H2,1H3;4H,1-3H3;1-2H3. The smallest absolute Gasteiger partial charge is 0.123 e. The summed E-state index contributed by atoms with van der Waals surface area (Å²) in [5, 5.41) is 0. The second-order valence-electron chi connectivity index (χ2n) is 6.21. The quantitative estimate of drug-likeness (QED) is 0.794. The zero-order valence-corrected chi connectivity index (χ0v) is 14.7. The predicted octanol–water partition coefficient (Wildman–Crippen LogP) is 3.48. The Kier molecular flexibility index (Phi) is 7.97. The molecular weight excluding hydrogens is 262 g/mol. The summed E-state index contributed by atoms with van der Waals surface area (Å²) in [6.07, 6.45) is 3.33. The van der Waals surface area contributed by atoms with Crippen molar-refractivity contribution in [1.29, 1.82) is 0 Å². The fraction of sp³-hybridized carbons (Fsp3) is 0.824. The Morgan fingerprint density at radius 2 is 1.90 bits per heavy atom. The van der Waals surface area contributed by atoms with Crippen LogP contribution in [-0.4, -0.2) is 40.3 Å². The van der Waals surface area contributed by atoms with Gasteiger partial charge in [0.1, 0.15) is 5.82 Å². The van der Waals surface area contributed by atoms with Crippen LogP contribution >= 0.6 is 0 Å². The molecular formula is C17H33N3O. The molecule has 0 aliphatic carbocycles. The minimum absolute atomic E-state index is 0.621. The maximum absolute atomic E-state index is 5.43. The van der Waals surface area contributed by atoms with Gasteiger partial charge >= 0.3 is 0 Å². The van der Waals surface area contributed by atoms with Crippen LogP contribution in [0.15, 0.2) is 6.20 Å². The van der Waals surface area contributed by atoms with Gasteiger partial charge in [0.15, 0.2) is 0 Å². The van der Waals surface area contributed by atoms with Gasteiger partial charge in [0.25, 0.3) is 0 Å². The Morgan fingerprint density at radius 1 is 1.24 bits per heavy atom. The SMILES string of the molecule is CC.CC(C)C.Cc1cn2c(n1)CN(C1CCOC1)CC2. The number of ether oxygens (including phenoxy) is 1. The molecule has 1 unspecified atom stereocenters. The van der Waals surface area contributed by atoms with Gasteiger partial charge in [0, 0.05) is 31.9 Å². The van der Waals surface area contributed by atoms with Crippen molar-refractivity contribution >= 4 is 0 Å². The second kappa shape index (κ2) is 9.21. The molecule has 0 spiro atoms. The lowest BCUT2D eigenvalue weighted by Gasteiger charge is -2.31. The first-order valence-electron chi connectivity index (χ1n) is 8.40. The van der Waals surface area contributed by atoms with Gasteiger partial charge in [-0.3, -0.25) is 4.90 Å². The molecule has 2 aliphatic heterocycles. The van der Waals surface area contributed by atoms with Crippen LogP contribution in [0.3, 0.4) is 0 Å². The lowest BCUT2D eigenvalue weighted by Crippen LogP contribution is -2.41. The van der Waals surface area contributed by atoms with Crippen molar-refractivity contribution in [3.05, 3.63) is 17.7 Å². The fourth-order valence-electron chi connectivity index (χ4n) is 2.54. The van der Waals surface area contributed by atoms with Crippen molar-refractivity contribution in [2.45, 2.75) is 67.1 Å². The summed E-state index contributed by atoms with van der Waals surface area (Å²) in [5.74, 6) is 2.05. The first kappa shape index (κ1) is 18.2. The maximum atomic E-state index is 5.43. The van der Waals surface area contributed by atoms with E-state index in [0.717, 1.165) is 44.5 Å². The Balaban J connectivity index is 0.000000322. The summed E-state index contributed by atoms with van der Waals surface area (Å²) in [4.78, 5) is 7.06. The molecule has 3 rings (SSSR count). The molecule has 1 aromatic rings. The van der Waals surface area contributed by atoms with Crippen molar-refractivity contribution in [1.82, 2.24) is 14.5 Å². The van der Waals surface area contributed by atoms with Crippen molar-refractivity contribution in [3.8, 4) is 0 Å². The molecule has 21 heavy (non-hydrogen) atoms. The molecule has 4 nitrogen and oxygen atoms in total. The topological polar surface area (TPSA) is 30.3 Å². The van der Waals surface area contributed by atoms with E-state index in [2.05, 4.69) is 48.3 Å². The molecule has 0 radical (unpaired) electrons. The largest absolute Gasteiger partial charge is 0.380 e. The maximum Gasteiger partial charge on any atom is 0.123 e. The van der Waals surface area contributed by atoms with E-state index in [1.807, 2.05) is 13.8 Å². The summed E-state index contributed by atoms with van der Waals surface area (Å²) in [6, 6.07) is 0.621. The van der Waals surface area contributed by atoms with E-state index in [1.54, 1.807) is 0 Å². The van der Waals surface area contributed by atoms with Gasteiger partial charge in [0.2, 0.25) is 0 Å². The molecule has 1 atom stereocenters. The molecule has 0 aromatic carbocycles. The minimum Gasteiger partial charge on any atom is -0.380 e. The van der Waals surface area contributed by atoms with Gasteiger partial charge in [0.05, 0.1) is 18.8 Å². The summed E-state index contributed by atoms with van der Waals surface area (Å²) in [7, 11) is 0. The Hall–Kier alpha value is -0.870. The fourth-order valence-corrected chi connectivity index (χ4v) is 2.54.